The number of oxime groups is 1. The van der Waals surface area contributed by atoms with E-state index in [9.17, 15) is 13.6 Å². The zero-order chi connectivity index (χ0) is 10.6. The predicted octanol–water partition coefficient (Wildman–Crippen LogP) is 0.875. The van der Waals surface area contributed by atoms with Gasteiger partial charge in [-0.15, -0.1) is 5.16 Å². The van der Waals surface area contributed by atoms with E-state index in [2.05, 4.69) is 11.9 Å². The molecule has 0 aromatic carbocycles. The molecule has 1 heterocycles. The number of halogens is 2. The SMILES string of the molecule is C=NOC1CCN(C(=O)C(F)F)CC1. The van der Waals surface area contributed by atoms with Gasteiger partial charge in [0, 0.05) is 32.6 Å². The maximum absolute atomic E-state index is 12.0. The van der Waals surface area contributed by atoms with Crippen molar-refractivity contribution in [2.24, 2.45) is 5.16 Å². The molecular formula is C8H12F2N2O2. The Kier molecular flexibility index (Phi) is 3.79. The van der Waals surface area contributed by atoms with Crippen LogP contribution in [0.1, 0.15) is 12.8 Å². The fourth-order valence-corrected chi connectivity index (χ4v) is 1.43. The average Bonchev–Trinajstić information content (AvgIpc) is 2.18. The van der Waals surface area contributed by atoms with E-state index in [-0.39, 0.29) is 6.10 Å². The molecule has 1 saturated heterocycles. The monoisotopic (exact) mass is 206 g/mol. The molecule has 0 aromatic rings. The van der Waals surface area contributed by atoms with Crippen molar-refractivity contribution in [3.05, 3.63) is 0 Å². The van der Waals surface area contributed by atoms with Crippen LogP contribution in [0.5, 0.6) is 0 Å². The lowest BCUT2D eigenvalue weighted by Crippen LogP contribution is -2.43. The lowest BCUT2D eigenvalue weighted by Gasteiger charge is -2.30. The Balaban J connectivity index is 2.35. The van der Waals surface area contributed by atoms with E-state index in [1.165, 1.54) is 0 Å². The minimum atomic E-state index is -2.91. The lowest BCUT2D eigenvalue weighted by atomic mass is 10.1. The van der Waals surface area contributed by atoms with Crippen LogP contribution in [0, 0.1) is 0 Å². The fourth-order valence-electron chi connectivity index (χ4n) is 1.43. The quantitative estimate of drug-likeness (QED) is 0.508. The number of alkyl halides is 2. The molecule has 0 aromatic heterocycles. The van der Waals surface area contributed by atoms with Gasteiger partial charge in [-0.2, -0.15) is 8.78 Å². The number of nitrogens with zero attached hydrogens (tertiary/aromatic N) is 2. The van der Waals surface area contributed by atoms with Gasteiger partial charge in [-0.25, -0.2) is 0 Å². The van der Waals surface area contributed by atoms with Crippen molar-refractivity contribution in [3.63, 3.8) is 0 Å². The average molecular weight is 206 g/mol. The molecule has 0 aliphatic carbocycles. The largest absolute Gasteiger partial charge is 0.393 e. The lowest BCUT2D eigenvalue weighted by molar-refractivity contribution is -0.145. The number of likely N-dealkylation sites (tertiary alicyclic amines) is 1. The molecule has 1 fully saturated rings. The maximum Gasteiger partial charge on any atom is 0.315 e. The van der Waals surface area contributed by atoms with Crippen molar-refractivity contribution in [1.82, 2.24) is 4.90 Å². The predicted molar refractivity (Wildman–Crippen MR) is 46.2 cm³/mol. The summed E-state index contributed by atoms with van der Waals surface area (Å²) in [6.45, 7) is 3.75. The molecular weight excluding hydrogens is 194 g/mol. The van der Waals surface area contributed by atoms with Gasteiger partial charge in [-0.05, 0) is 0 Å². The highest BCUT2D eigenvalue weighted by atomic mass is 19.3. The third-order valence-corrected chi connectivity index (χ3v) is 2.16. The highest BCUT2D eigenvalue weighted by molar-refractivity contribution is 5.79. The van der Waals surface area contributed by atoms with Crippen molar-refractivity contribution in [1.29, 1.82) is 0 Å². The number of amides is 1. The van der Waals surface area contributed by atoms with Crippen LogP contribution in [0.3, 0.4) is 0 Å². The van der Waals surface area contributed by atoms with Crippen molar-refractivity contribution < 1.29 is 18.4 Å². The molecule has 4 nitrogen and oxygen atoms in total. The summed E-state index contributed by atoms with van der Waals surface area (Å²) in [5.41, 5.74) is 0. The molecule has 80 valence electrons. The summed E-state index contributed by atoms with van der Waals surface area (Å²) in [4.78, 5) is 16.9. The molecule has 1 amide bonds. The molecule has 6 heteroatoms. The van der Waals surface area contributed by atoms with Crippen LogP contribution in [-0.2, 0) is 9.63 Å². The third-order valence-electron chi connectivity index (χ3n) is 2.16. The number of carbonyl (C=O) groups is 1. The zero-order valence-corrected chi connectivity index (χ0v) is 7.66. The smallest absolute Gasteiger partial charge is 0.315 e. The van der Waals surface area contributed by atoms with Gasteiger partial charge in [-0.1, -0.05) is 0 Å². The van der Waals surface area contributed by atoms with E-state index in [0.29, 0.717) is 25.9 Å². The molecule has 0 unspecified atom stereocenters. The summed E-state index contributed by atoms with van der Waals surface area (Å²) >= 11 is 0. The van der Waals surface area contributed by atoms with Crippen LogP contribution < -0.4 is 0 Å². The number of piperidine rings is 1. The van der Waals surface area contributed by atoms with E-state index < -0.39 is 12.3 Å². The molecule has 0 saturated carbocycles. The van der Waals surface area contributed by atoms with Crippen LogP contribution in [-0.4, -0.2) is 43.1 Å². The number of hydrogen-bond donors (Lipinski definition) is 0. The summed E-state index contributed by atoms with van der Waals surface area (Å²) in [6, 6.07) is 0. The Morgan fingerprint density at radius 1 is 1.50 bits per heavy atom. The Morgan fingerprint density at radius 3 is 2.50 bits per heavy atom. The van der Waals surface area contributed by atoms with Gasteiger partial charge in [0.25, 0.3) is 5.91 Å². The van der Waals surface area contributed by atoms with E-state index >= 15 is 0 Å². The van der Waals surface area contributed by atoms with Gasteiger partial charge >= 0.3 is 6.43 Å². The van der Waals surface area contributed by atoms with E-state index in [1.54, 1.807) is 0 Å². The number of rotatable bonds is 3. The maximum atomic E-state index is 12.0. The van der Waals surface area contributed by atoms with Crippen molar-refractivity contribution in [2.75, 3.05) is 13.1 Å². The first-order chi connectivity index (χ1) is 6.65. The van der Waals surface area contributed by atoms with Crippen molar-refractivity contribution >= 4 is 12.6 Å². The summed E-state index contributed by atoms with van der Waals surface area (Å²) in [6.07, 6.45) is -1.96. The molecule has 0 N–H and O–H groups in total. The minimum absolute atomic E-state index is 0.103. The molecule has 0 spiro atoms. The second-order valence-electron chi connectivity index (χ2n) is 3.06. The first-order valence-corrected chi connectivity index (χ1v) is 4.34. The third kappa shape index (κ3) is 2.65. The van der Waals surface area contributed by atoms with E-state index in [4.69, 9.17) is 4.84 Å². The summed E-state index contributed by atoms with van der Waals surface area (Å²) in [5, 5.41) is 3.26. The minimum Gasteiger partial charge on any atom is -0.393 e. The number of carbonyl (C=O) groups excluding carboxylic acids is 1. The molecule has 1 rings (SSSR count). The van der Waals surface area contributed by atoms with Gasteiger partial charge in [0.1, 0.15) is 6.10 Å². The summed E-state index contributed by atoms with van der Waals surface area (Å²) in [5.74, 6) is -1.10. The van der Waals surface area contributed by atoms with E-state index in [0.717, 1.165) is 4.90 Å². The van der Waals surface area contributed by atoms with Gasteiger partial charge < -0.3 is 9.74 Å². The van der Waals surface area contributed by atoms with Crippen LogP contribution in [0.25, 0.3) is 0 Å². The normalized spacial score (nSPS) is 18.4. The topological polar surface area (TPSA) is 41.9 Å². The number of hydrogen-bond acceptors (Lipinski definition) is 3. The second-order valence-corrected chi connectivity index (χ2v) is 3.06. The van der Waals surface area contributed by atoms with Crippen LogP contribution in [0.4, 0.5) is 8.78 Å². The molecule has 0 radical (unpaired) electrons. The van der Waals surface area contributed by atoms with Gasteiger partial charge in [-0.3, -0.25) is 4.79 Å². The van der Waals surface area contributed by atoms with Crippen molar-refractivity contribution in [2.45, 2.75) is 25.4 Å². The Labute approximate surface area is 80.5 Å². The summed E-state index contributed by atoms with van der Waals surface area (Å²) in [7, 11) is 0. The highest BCUT2D eigenvalue weighted by Gasteiger charge is 2.28. The Morgan fingerprint density at radius 2 is 2.07 bits per heavy atom. The standard InChI is InChI=1S/C8H12F2N2O2/c1-11-14-6-2-4-12(5-3-6)8(13)7(9)10/h6-7H,1-5H2. The fraction of sp³-hybridized carbons (Fsp3) is 0.750. The second kappa shape index (κ2) is 4.88. The molecule has 14 heavy (non-hydrogen) atoms. The van der Waals surface area contributed by atoms with Gasteiger partial charge in [0.05, 0.1) is 0 Å². The van der Waals surface area contributed by atoms with Crippen LogP contribution >= 0.6 is 0 Å². The van der Waals surface area contributed by atoms with Crippen molar-refractivity contribution in [3.8, 4) is 0 Å². The molecule has 0 bridgehead atoms. The molecule has 1 aliphatic heterocycles. The van der Waals surface area contributed by atoms with Crippen LogP contribution in [0.2, 0.25) is 0 Å². The van der Waals surface area contributed by atoms with Crippen LogP contribution in [0.15, 0.2) is 5.16 Å². The Bertz CT molecular complexity index is 215. The molecule has 1 aliphatic rings. The Hall–Kier alpha value is -1.20. The first kappa shape index (κ1) is 10.9. The van der Waals surface area contributed by atoms with Gasteiger partial charge in [0.15, 0.2) is 0 Å². The summed E-state index contributed by atoms with van der Waals surface area (Å²) < 4.78 is 24.0. The first-order valence-electron chi connectivity index (χ1n) is 4.34. The highest BCUT2D eigenvalue weighted by Crippen LogP contribution is 2.15. The molecule has 0 atom stereocenters. The zero-order valence-electron chi connectivity index (χ0n) is 7.66. The van der Waals surface area contributed by atoms with E-state index in [1.807, 2.05) is 0 Å². The van der Waals surface area contributed by atoms with Gasteiger partial charge in [0.2, 0.25) is 0 Å².